The van der Waals surface area contributed by atoms with Crippen LogP contribution in [0.2, 0.25) is 0 Å². The summed E-state index contributed by atoms with van der Waals surface area (Å²) in [6, 6.07) is 6.38. The molecule has 0 unspecified atom stereocenters. The first-order valence-corrected chi connectivity index (χ1v) is 11.1. The Labute approximate surface area is 173 Å². The molecule has 2 heterocycles. The predicted molar refractivity (Wildman–Crippen MR) is 104 cm³/mol. The lowest BCUT2D eigenvalue weighted by atomic mass is 9.97. The number of piperidine rings is 1. The molecule has 0 saturated carbocycles. The van der Waals surface area contributed by atoms with Gasteiger partial charge in [0.05, 0.1) is 17.4 Å². The molecule has 0 aliphatic carbocycles. The molecule has 1 aliphatic rings. The normalized spacial score (nSPS) is 16.1. The lowest BCUT2D eigenvalue weighted by Gasteiger charge is -2.30. The van der Waals surface area contributed by atoms with Gasteiger partial charge in [0, 0.05) is 19.0 Å². The van der Waals surface area contributed by atoms with E-state index in [1.54, 1.807) is 12.1 Å². The van der Waals surface area contributed by atoms with E-state index >= 15 is 0 Å². The minimum atomic E-state index is -3.83. The summed E-state index contributed by atoms with van der Waals surface area (Å²) in [5.41, 5.74) is 0.330. The van der Waals surface area contributed by atoms with Crippen LogP contribution in [0, 0.1) is 23.4 Å². The van der Waals surface area contributed by atoms with Crippen LogP contribution in [-0.2, 0) is 14.8 Å². The monoisotopic (exact) mass is 456 g/mol. The molecule has 0 bridgehead atoms. The van der Waals surface area contributed by atoms with Crippen molar-refractivity contribution < 1.29 is 26.4 Å². The van der Waals surface area contributed by atoms with Crippen LogP contribution in [0.5, 0.6) is 0 Å². The molecule has 1 aliphatic heterocycles. The van der Waals surface area contributed by atoms with E-state index in [-0.39, 0.29) is 30.8 Å². The van der Waals surface area contributed by atoms with E-state index in [1.807, 2.05) is 0 Å². The molecular weight excluding hydrogens is 441 g/mol. The summed E-state index contributed by atoms with van der Waals surface area (Å²) in [4.78, 5) is 12.5. The lowest BCUT2D eigenvalue weighted by Crippen LogP contribution is -2.41. The minimum absolute atomic E-state index is 0.0560. The van der Waals surface area contributed by atoms with Crippen LogP contribution in [0.25, 0.3) is 11.0 Å². The van der Waals surface area contributed by atoms with Crippen LogP contribution in [0.15, 0.2) is 35.2 Å². The molecule has 0 radical (unpaired) electrons. The number of halogens is 3. The van der Waals surface area contributed by atoms with Crippen LogP contribution in [-0.4, -0.2) is 40.5 Å². The Morgan fingerprint density at radius 2 is 1.80 bits per heavy atom. The first-order chi connectivity index (χ1) is 14.3. The smallest absolute Gasteiger partial charge is 0.245 e. The molecule has 0 atom stereocenters. The zero-order valence-corrected chi connectivity index (χ0v) is 16.9. The summed E-state index contributed by atoms with van der Waals surface area (Å²) < 4.78 is 75.5. The minimum Gasteiger partial charge on any atom is -0.323 e. The number of benzene rings is 2. The number of rotatable bonds is 4. The first-order valence-electron chi connectivity index (χ1n) is 8.95. The summed E-state index contributed by atoms with van der Waals surface area (Å²) in [6.45, 7) is 0.156. The first kappa shape index (κ1) is 20.7. The van der Waals surface area contributed by atoms with Gasteiger partial charge in [0.2, 0.25) is 15.9 Å². The Hall–Kier alpha value is -2.57. The van der Waals surface area contributed by atoms with Crippen molar-refractivity contribution in [2.45, 2.75) is 17.7 Å². The standard InChI is InChI=1S/C18H15F3N4O3S2/c19-11-4-5-12(16(21)15(11)20)22-18(26)10-6-8-25(9-7-10)30(27,28)14-3-1-2-13-17(14)24-29-23-13/h1-5,10H,6-9H2,(H,22,26). The van der Waals surface area contributed by atoms with Gasteiger partial charge in [-0.25, -0.2) is 21.6 Å². The van der Waals surface area contributed by atoms with Crippen LogP contribution >= 0.6 is 11.7 Å². The maximum absolute atomic E-state index is 13.8. The third-order valence-electron chi connectivity index (χ3n) is 4.98. The summed E-state index contributed by atoms with van der Waals surface area (Å²) >= 11 is 0.921. The highest BCUT2D eigenvalue weighted by molar-refractivity contribution is 7.89. The average molecular weight is 456 g/mol. The van der Waals surface area contributed by atoms with E-state index in [0.29, 0.717) is 11.0 Å². The van der Waals surface area contributed by atoms with Crippen molar-refractivity contribution in [2.75, 3.05) is 18.4 Å². The van der Waals surface area contributed by atoms with Crippen LogP contribution in [0.4, 0.5) is 18.9 Å². The molecule has 0 spiro atoms. The number of nitrogens with one attached hydrogen (secondary N) is 1. The second kappa shape index (κ2) is 7.93. The van der Waals surface area contributed by atoms with Crippen molar-refractivity contribution in [3.8, 4) is 0 Å². The van der Waals surface area contributed by atoms with Gasteiger partial charge in [-0.1, -0.05) is 6.07 Å². The fourth-order valence-electron chi connectivity index (χ4n) is 3.34. The predicted octanol–water partition coefficient (Wildman–Crippen LogP) is 3.15. The number of carbonyl (C=O) groups excluding carboxylic acids is 1. The Kier molecular flexibility index (Phi) is 5.47. The number of carbonyl (C=O) groups is 1. The molecule has 30 heavy (non-hydrogen) atoms. The fraction of sp³-hybridized carbons (Fsp3) is 0.278. The van der Waals surface area contributed by atoms with Gasteiger partial charge in [-0.15, -0.1) is 0 Å². The second-order valence-electron chi connectivity index (χ2n) is 6.78. The molecule has 1 amide bonds. The number of amides is 1. The third kappa shape index (κ3) is 3.66. The molecule has 4 rings (SSSR count). The van der Waals surface area contributed by atoms with E-state index in [0.717, 1.165) is 23.9 Å². The molecule has 1 N–H and O–H groups in total. The highest BCUT2D eigenvalue weighted by Gasteiger charge is 2.34. The number of sulfonamides is 1. The molecule has 158 valence electrons. The van der Waals surface area contributed by atoms with Crippen molar-refractivity contribution in [1.29, 1.82) is 0 Å². The molecule has 7 nitrogen and oxygen atoms in total. The van der Waals surface area contributed by atoms with Crippen molar-refractivity contribution in [3.05, 3.63) is 47.8 Å². The van der Waals surface area contributed by atoms with Gasteiger partial charge < -0.3 is 5.32 Å². The van der Waals surface area contributed by atoms with Gasteiger partial charge in [0.15, 0.2) is 17.5 Å². The quantitative estimate of drug-likeness (QED) is 0.609. The van der Waals surface area contributed by atoms with E-state index in [1.165, 1.54) is 10.4 Å². The second-order valence-corrected chi connectivity index (χ2v) is 9.21. The van der Waals surface area contributed by atoms with Crippen molar-refractivity contribution in [2.24, 2.45) is 5.92 Å². The molecular formula is C18H15F3N4O3S2. The molecule has 1 saturated heterocycles. The number of hydrogen-bond donors (Lipinski definition) is 1. The third-order valence-corrected chi connectivity index (χ3v) is 7.46. The van der Waals surface area contributed by atoms with E-state index in [4.69, 9.17) is 0 Å². The van der Waals surface area contributed by atoms with Gasteiger partial charge in [0.1, 0.15) is 15.9 Å². The SMILES string of the molecule is O=C(Nc1ccc(F)c(F)c1F)C1CCN(S(=O)(=O)c2cccc3nsnc23)CC1. The summed E-state index contributed by atoms with van der Waals surface area (Å²) in [5, 5.41) is 2.25. The van der Waals surface area contributed by atoms with Crippen LogP contribution < -0.4 is 5.32 Å². The maximum Gasteiger partial charge on any atom is 0.245 e. The van der Waals surface area contributed by atoms with Gasteiger partial charge >= 0.3 is 0 Å². The van der Waals surface area contributed by atoms with Crippen LogP contribution in [0.1, 0.15) is 12.8 Å². The zero-order chi connectivity index (χ0) is 21.5. The molecule has 1 aromatic heterocycles. The van der Waals surface area contributed by atoms with Crippen molar-refractivity contribution >= 4 is 44.4 Å². The summed E-state index contributed by atoms with van der Waals surface area (Å²) in [6.07, 6.45) is 0.392. The average Bonchev–Trinajstić information content (AvgIpc) is 3.23. The van der Waals surface area contributed by atoms with Crippen LogP contribution in [0.3, 0.4) is 0 Å². The van der Waals surface area contributed by atoms with Gasteiger partial charge in [-0.05, 0) is 37.1 Å². The summed E-state index contributed by atoms with van der Waals surface area (Å²) in [7, 11) is -3.83. The van der Waals surface area contributed by atoms with Crippen molar-refractivity contribution in [1.82, 2.24) is 13.1 Å². The van der Waals surface area contributed by atoms with E-state index in [2.05, 4.69) is 14.1 Å². The molecule has 3 aromatic rings. The number of anilines is 1. The molecule has 12 heteroatoms. The van der Waals surface area contributed by atoms with Crippen molar-refractivity contribution in [3.63, 3.8) is 0 Å². The lowest BCUT2D eigenvalue weighted by molar-refractivity contribution is -0.120. The number of nitrogens with zero attached hydrogens (tertiary/aromatic N) is 3. The largest absolute Gasteiger partial charge is 0.323 e. The Morgan fingerprint density at radius 1 is 1.07 bits per heavy atom. The number of hydrogen-bond acceptors (Lipinski definition) is 6. The van der Waals surface area contributed by atoms with E-state index < -0.39 is 45.0 Å². The molecule has 2 aromatic carbocycles. The summed E-state index contributed by atoms with van der Waals surface area (Å²) in [5.74, 6) is -5.68. The highest BCUT2D eigenvalue weighted by atomic mass is 32.2. The van der Waals surface area contributed by atoms with Gasteiger partial charge in [-0.3, -0.25) is 4.79 Å². The Morgan fingerprint density at radius 3 is 2.53 bits per heavy atom. The van der Waals surface area contributed by atoms with Gasteiger partial charge in [-0.2, -0.15) is 13.1 Å². The van der Waals surface area contributed by atoms with E-state index in [9.17, 15) is 26.4 Å². The maximum atomic E-state index is 13.8. The topological polar surface area (TPSA) is 92.3 Å². The Bertz CT molecular complexity index is 1220. The van der Waals surface area contributed by atoms with Gasteiger partial charge in [0.25, 0.3) is 0 Å². The zero-order valence-electron chi connectivity index (χ0n) is 15.3. The highest BCUT2D eigenvalue weighted by Crippen LogP contribution is 2.29. The number of fused-ring (bicyclic) bond motifs is 1. The Balaban J connectivity index is 1.45. The number of aromatic nitrogens is 2. The fourth-order valence-corrected chi connectivity index (χ4v) is 5.57. The molecule has 1 fully saturated rings.